The van der Waals surface area contributed by atoms with Crippen molar-refractivity contribution in [3.63, 3.8) is 0 Å². The smallest absolute Gasteiger partial charge is 0.271 e. The number of piperazine rings is 1. The number of nitrogens with zero attached hydrogens (tertiary/aromatic N) is 6. The highest BCUT2D eigenvalue weighted by Crippen LogP contribution is 2.55. The van der Waals surface area contributed by atoms with Crippen molar-refractivity contribution in [2.24, 2.45) is 16.7 Å². The number of nitriles is 1. The molecule has 2 aromatic carbocycles. The van der Waals surface area contributed by atoms with E-state index >= 15 is 0 Å². The van der Waals surface area contributed by atoms with Crippen LogP contribution in [-0.4, -0.2) is 108 Å². The number of hydrogen-bond acceptors (Lipinski definition) is 11. The third-order valence-electron chi connectivity index (χ3n) is 12.9. The molecule has 3 aromatic rings. The Bertz CT molecular complexity index is 1990. The van der Waals surface area contributed by atoms with E-state index in [4.69, 9.17) is 4.74 Å². The van der Waals surface area contributed by atoms with Gasteiger partial charge >= 0.3 is 0 Å². The fourth-order valence-electron chi connectivity index (χ4n) is 9.82. The van der Waals surface area contributed by atoms with Gasteiger partial charge in [-0.3, -0.25) is 19.3 Å². The van der Waals surface area contributed by atoms with Crippen molar-refractivity contribution < 1.29 is 24.2 Å². The average Bonchev–Trinajstić information content (AvgIpc) is 3.20. The number of rotatable bonds is 10. The van der Waals surface area contributed by atoms with Crippen molar-refractivity contribution >= 4 is 29.2 Å². The van der Waals surface area contributed by atoms with E-state index in [1.165, 1.54) is 6.20 Å². The van der Waals surface area contributed by atoms with Gasteiger partial charge < -0.3 is 35.6 Å². The first-order valence-electron chi connectivity index (χ1n) is 20.6. The molecule has 7 rings (SSSR count). The van der Waals surface area contributed by atoms with Crippen molar-refractivity contribution in [3.8, 4) is 11.8 Å². The van der Waals surface area contributed by atoms with E-state index in [2.05, 4.69) is 86.5 Å². The molecule has 0 bridgehead atoms. The molecule has 4 heterocycles. The van der Waals surface area contributed by atoms with E-state index in [-0.39, 0.29) is 46.9 Å². The second kappa shape index (κ2) is 16.5. The molecule has 1 unspecified atom stereocenters. The Balaban J connectivity index is 0.836. The number of piperidine rings is 2. The van der Waals surface area contributed by atoms with Gasteiger partial charge in [0.25, 0.3) is 11.8 Å². The Morgan fingerprint density at radius 1 is 0.897 bits per heavy atom. The van der Waals surface area contributed by atoms with Crippen molar-refractivity contribution in [2.45, 2.75) is 91.6 Å². The van der Waals surface area contributed by atoms with Crippen LogP contribution in [0.5, 0.6) is 5.75 Å². The van der Waals surface area contributed by atoms with E-state index in [0.29, 0.717) is 23.5 Å². The minimum absolute atomic E-state index is 0.0821. The molecule has 308 valence electrons. The molecular weight excluding hydrogens is 735 g/mol. The second-order valence-electron chi connectivity index (χ2n) is 17.7. The first kappa shape index (κ1) is 40.9. The zero-order valence-corrected chi connectivity index (χ0v) is 34.5. The first-order valence-corrected chi connectivity index (χ1v) is 20.6. The van der Waals surface area contributed by atoms with E-state index in [0.717, 1.165) is 87.0 Å². The number of aliphatic hydroxyl groups excluding tert-OH is 1. The molecule has 0 spiro atoms. The topological polar surface area (TPSA) is 176 Å². The summed E-state index contributed by atoms with van der Waals surface area (Å²) in [5.74, 6) is 1.36. The summed E-state index contributed by atoms with van der Waals surface area (Å²) >= 11 is 0. The van der Waals surface area contributed by atoms with Crippen LogP contribution in [0.25, 0.3) is 0 Å². The number of amides is 3. The zero-order chi connectivity index (χ0) is 41.4. The molecule has 4 aliphatic rings. The highest BCUT2D eigenvalue weighted by Gasteiger charge is 2.64. The van der Waals surface area contributed by atoms with Crippen molar-refractivity contribution in [3.05, 3.63) is 76.7 Å². The van der Waals surface area contributed by atoms with E-state index in [9.17, 15) is 24.8 Å². The highest BCUT2D eigenvalue weighted by molar-refractivity contribution is 5.95. The summed E-state index contributed by atoms with van der Waals surface area (Å²) in [4.78, 5) is 53.6. The number of aryl methyl sites for hydroxylation is 2. The van der Waals surface area contributed by atoms with Gasteiger partial charge in [-0.25, -0.2) is 9.97 Å². The SMILES string of the molecule is Cc1cc(OC2C(C)(C)C(NC(=O)c3ccc(N4CCC(CN5CCN(c6cnc(C(=O)N[C@H]7CCC(=O)NC7O)cn6)CC5)CC4)cc3)C2(C)C)cc(C)c1C#N. The molecule has 1 aromatic heterocycles. The van der Waals surface area contributed by atoms with Gasteiger partial charge in [-0.05, 0) is 86.6 Å². The second-order valence-corrected chi connectivity index (χ2v) is 17.7. The van der Waals surface area contributed by atoms with Gasteiger partial charge in [0, 0.05) is 80.4 Å². The highest BCUT2D eigenvalue weighted by atomic mass is 16.5. The van der Waals surface area contributed by atoms with E-state index in [1.807, 2.05) is 38.1 Å². The lowest BCUT2D eigenvalue weighted by Crippen LogP contribution is -2.74. The number of nitrogens with one attached hydrogen (secondary N) is 3. The molecule has 1 aliphatic carbocycles. The molecule has 1 saturated carbocycles. The predicted octanol–water partition coefficient (Wildman–Crippen LogP) is 3.94. The molecule has 58 heavy (non-hydrogen) atoms. The third-order valence-corrected chi connectivity index (χ3v) is 12.9. The molecule has 4 fully saturated rings. The number of hydrogen-bond donors (Lipinski definition) is 4. The fourth-order valence-corrected chi connectivity index (χ4v) is 9.82. The lowest BCUT2D eigenvalue weighted by Gasteiger charge is -2.63. The van der Waals surface area contributed by atoms with Crippen LogP contribution in [0.1, 0.15) is 90.9 Å². The summed E-state index contributed by atoms with van der Waals surface area (Å²) in [6.45, 7) is 19.0. The van der Waals surface area contributed by atoms with Gasteiger partial charge in [0.05, 0.1) is 30.1 Å². The predicted molar refractivity (Wildman–Crippen MR) is 221 cm³/mol. The minimum Gasteiger partial charge on any atom is -0.489 e. The van der Waals surface area contributed by atoms with Crippen LogP contribution >= 0.6 is 0 Å². The summed E-state index contributed by atoms with van der Waals surface area (Å²) in [5.41, 5.74) is 3.83. The maximum Gasteiger partial charge on any atom is 0.271 e. The fraction of sp³-hybridized carbons (Fsp3) is 0.545. The third kappa shape index (κ3) is 8.47. The Morgan fingerprint density at radius 3 is 2.14 bits per heavy atom. The van der Waals surface area contributed by atoms with Gasteiger partial charge in [0.1, 0.15) is 29.6 Å². The number of benzene rings is 2. The lowest BCUT2D eigenvalue weighted by atomic mass is 9.49. The van der Waals surface area contributed by atoms with Crippen molar-refractivity contribution in [1.82, 2.24) is 30.8 Å². The number of carbonyl (C=O) groups excluding carboxylic acids is 3. The summed E-state index contributed by atoms with van der Waals surface area (Å²) < 4.78 is 6.55. The van der Waals surface area contributed by atoms with Crippen LogP contribution in [0, 0.1) is 41.9 Å². The molecule has 3 aliphatic heterocycles. The Labute approximate surface area is 341 Å². The first-order chi connectivity index (χ1) is 27.6. The Morgan fingerprint density at radius 2 is 1.55 bits per heavy atom. The normalized spacial score (nSPS) is 24.6. The van der Waals surface area contributed by atoms with Gasteiger partial charge in [-0.1, -0.05) is 27.7 Å². The van der Waals surface area contributed by atoms with Gasteiger partial charge in [0.2, 0.25) is 5.91 Å². The van der Waals surface area contributed by atoms with E-state index < -0.39 is 18.2 Å². The molecule has 4 N–H and O–H groups in total. The van der Waals surface area contributed by atoms with Crippen LogP contribution in [0.4, 0.5) is 11.5 Å². The van der Waals surface area contributed by atoms with Crippen LogP contribution in [0.3, 0.4) is 0 Å². The molecule has 3 saturated heterocycles. The summed E-state index contributed by atoms with van der Waals surface area (Å²) in [7, 11) is 0. The largest absolute Gasteiger partial charge is 0.489 e. The summed E-state index contributed by atoms with van der Waals surface area (Å²) in [5, 5.41) is 28.0. The number of aromatic nitrogens is 2. The molecule has 0 radical (unpaired) electrons. The van der Waals surface area contributed by atoms with Crippen LogP contribution in [0.2, 0.25) is 0 Å². The number of carbonyl (C=O) groups is 3. The van der Waals surface area contributed by atoms with E-state index in [1.54, 1.807) is 6.20 Å². The molecule has 3 amide bonds. The summed E-state index contributed by atoms with van der Waals surface area (Å²) in [6, 6.07) is 13.5. The zero-order valence-electron chi connectivity index (χ0n) is 34.5. The minimum atomic E-state index is -1.12. The summed E-state index contributed by atoms with van der Waals surface area (Å²) in [6.07, 6.45) is 4.68. The number of aliphatic hydroxyl groups is 1. The van der Waals surface area contributed by atoms with Crippen LogP contribution < -0.4 is 30.5 Å². The molecular formula is C44H57N9O5. The number of ether oxygens (including phenoxy) is 1. The quantitative estimate of drug-likeness (QED) is 0.234. The Hall–Kier alpha value is -5.26. The standard InChI is InChI=1S/C44H57N9O5/c1-27-21-32(22-28(2)33(27)23-45)58-42-43(3,4)41(44(42,5)6)50-38(55)30-7-9-31(10-8-30)52-15-13-29(14-16-52)26-51-17-19-53(20-18-51)36-25-46-35(24-47-36)40(57)48-34-11-12-37(54)49-39(34)56/h7-10,21-22,24-25,29,34,39,41-42,56H,11-20,26H2,1-6H3,(H,48,57)(H,49,54)(H,50,55)/t34-,39?,41?,42?/m0/s1. The van der Waals surface area contributed by atoms with Gasteiger partial charge in [-0.15, -0.1) is 0 Å². The van der Waals surface area contributed by atoms with Crippen LogP contribution in [0.15, 0.2) is 48.8 Å². The monoisotopic (exact) mass is 791 g/mol. The Kier molecular flexibility index (Phi) is 11.7. The lowest BCUT2D eigenvalue weighted by molar-refractivity contribution is -0.164. The van der Waals surface area contributed by atoms with Gasteiger partial charge in [0.15, 0.2) is 0 Å². The van der Waals surface area contributed by atoms with Crippen LogP contribution in [-0.2, 0) is 4.79 Å². The van der Waals surface area contributed by atoms with Crippen molar-refractivity contribution in [1.29, 1.82) is 5.26 Å². The molecule has 14 nitrogen and oxygen atoms in total. The van der Waals surface area contributed by atoms with Crippen molar-refractivity contribution in [2.75, 3.05) is 55.6 Å². The average molecular weight is 792 g/mol. The number of anilines is 2. The maximum absolute atomic E-state index is 13.5. The maximum atomic E-state index is 13.5. The molecule has 14 heteroatoms. The molecule has 2 atom stereocenters. The van der Waals surface area contributed by atoms with Gasteiger partial charge in [-0.2, -0.15) is 5.26 Å².